The fraction of sp³-hybridized carbons (Fsp3) is 0.500. The van der Waals surface area contributed by atoms with Crippen LogP contribution in [0.1, 0.15) is 17.8 Å². The highest BCUT2D eigenvalue weighted by molar-refractivity contribution is 7.09. The number of hydrogen-bond acceptors (Lipinski definition) is 6. The fourth-order valence-electron chi connectivity index (χ4n) is 3.30. The van der Waals surface area contributed by atoms with Gasteiger partial charge in [-0.3, -0.25) is 9.69 Å². The van der Waals surface area contributed by atoms with Gasteiger partial charge in [0.15, 0.2) is 0 Å². The van der Waals surface area contributed by atoms with Crippen molar-refractivity contribution in [3.8, 4) is 0 Å². The molecular formula is C16H19N3O2S2. The summed E-state index contributed by atoms with van der Waals surface area (Å²) >= 11 is 3.33. The Balaban J connectivity index is 1.41. The molecule has 2 aromatic rings. The van der Waals surface area contributed by atoms with Gasteiger partial charge in [-0.15, -0.1) is 11.3 Å². The number of carbonyl (C=O) groups is 1. The molecule has 5 nitrogen and oxygen atoms in total. The Labute approximate surface area is 143 Å². The SMILES string of the molecule is O=C1COC2(CCN(Cc3nccs3)CC2)CN1c1ccsc1. The summed E-state index contributed by atoms with van der Waals surface area (Å²) < 4.78 is 6.00. The minimum Gasteiger partial charge on any atom is -0.363 e. The van der Waals surface area contributed by atoms with Crippen molar-refractivity contribution in [2.24, 2.45) is 0 Å². The summed E-state index contributed by atoms with van der Waals surface area (Å²) in [7, 11) is 0. The van der Waals surface area contributed by atoms with E-state index in [1.54, 1.807) is 22.7 Å². The molecule has 1 spiro atoms. The first-order valence-corrected chi connectivity index (χ1v) is 9.64. The zero-order chi connectivity index (χ0) is 15.7. The highest BCUT2D eigenvalue weighted by Gasteiger charge is 2.42. The zero-order valence-electron chi connectivity index (χ0n) is 12.8. The molecule has 2 fully saturated rings. The molecule has 0 saturated carbocycles. The molecule has 4 rings (SSSR count). The number of nitrogens with zero attached hydrogens (tertiary/aromatic N) is 3. The van der Waals surface area contributed by atoms with Crippen molar-refractivity contribution in [3.05, 3.63) is 33.4 Å². The summed E-state index contributed by atoms with van der Waals surface area (Å²) in [6.07, 6.45) is 3.79. The molecule has 0 aliphatic carbocycles. The summed E-state index contributed by atoms with van der Waals surface area (Å²) in [5.74, 6) is 0.0687. The number of amides is 1. The van der Waals surface area contributed by atoms with Crippen LogP contribution in [-0.2, 0) is 16.1 Å². The van der Waals surface area contributed by atoms with Gasteiger partial charge >= 0.3 is 0 Å². The molecule has 0 N–H and O–H groups in total. The normalized spacial score (nSPS) is 21.9. The second-order valence-corrected chi connectivity index (χ2v) is 7.89. The maximum absolute atomic E-state index is 12.2. The monoisotopic (exact) mass is 349 g/mol. The highest BCUT2D eigenvalue weighted by atomic mass is 32.1. The average Bonchev–Trinajstić information content (AvgIpc) is 3.26. The molecule has 4 heterocycles. The Kier molecular flexibility index (Phi) is 4.19. The van der Waals surface area contributed by atoms with E-state index in [0.717, 1.165) is 38.2 Å². The number of ether oxygens (including phenoxy) is 1. The highest BCUT2D eigenvalue weighted by Crippen LogP contribution is 2.33. The van der Waals surface area contributed by atoms with Crippen molar-refractivity contribution < 1.29 is 9.53 Å². The molecule has 2 aliphatic rings. The van der Waals surface area contributed by atoms with Gasteiger partial charge in [0.25, 0.3) is 5.91 Å². The molecule has 0 atom stereocenters. The van der Waals surface area contributed by atoms with Gasteiger partial charge < -0.3 is 9.64 Å². The quantitative estimate of drug-likeness (QED) is 0.854. The molecule has 0 bridgehead atoms. The van der Waals surface area contributed by atoms with Crippen molar-refractivity contribution in [2.75, 3.05) is 31.1 Å². The van der Waals surface area contributed by atoms with E-state index >= 15 is 0 Å². The van der Waals surface area contributed by atoms with Gasteiger partial charge in [0.05, 0.1) is 24.4 Å². The smallest absolute Gasteiger partial charge is 0.253 e. The van der Waals surface area contributed by atoms with Gasteiger partial charge in [0.2, 0.25) is 0 Å². The first kappa shape index (κ1) is 15.3. The van der Waals surface area contributed by atoms with Crippen molar-refractivity contribution in [1.29, 1.82) is 0 Å². The van der Waals surface area contributed by atoms with Crippen LogP contribution in [0.15, 0.2) is 28.4 Å². The van der Waals surface area contributed by atoms with E-state index in [9.17, 15) is 4.79 Å². The second kappa shape index (κ2) is 6.32. The molecular weight excluding hydrogens is 330 g/mol. The Morgan fingerprint density at radius 2 is 2.17 bits per heavy atom. The van der Waals surface area contributed by atoms with E-state index in [2.05, 4.69) is 9.88 Å². The summed E-state index contributed by atoms with van der Waals surface area (Å²) in [5.41, 5.74) is 0.822. The van der Waals surface area contributed by atoms with Crippen LogP contribution in [0.2, 0.25) is 0 Å². The van der Waals surface area contributed by atoms with Crippen LogP contribution >= 0.6 is 22.7 Å². The third-order valence-corrected chi connectivity index (χ3v) is 6.11. The lowest BCUT2D eigenvalue weighted by Crippen LogP contribution is -2.58. The van der Waals surface area contributed by atoms with Gasteiger partial charge in [-0.1, -0.05) is 0 Å². The summed E-state index contributed by atoms with van der Waals surface area (Å²) in [6, 6.07) is 2.01. The zero-order valence-corrected chi connectivity index (χ0v) is 14.4. The molecule has 122 valence electrons. The molecule has 0 unspecified atom stereocenters. The number of anilines is 1. The van der Waals surface area contributed by atoms with Crippen LogP contribution in [0.5, 0.6) is 0 Å². The molecule has 2 aliphatic heterocycles. The lowest BCUT2D eigenvalue weighted by Gasteiger charge is -2.46. The largest absolute Gasteiger partial charge is 0.363 e. The van der Waals surface area contributed by atoms with Crippen molar-refractivity contribution in [2.45, 2.75) is 25.0 Å². The van der Waals surface area contributed by atoms with Gasteiger partial charge in [-0.25, -0.2) is 4.98 Å². The summed E-state index contributed by atoms with van der Waals surface area (Å²) in [4.78, 5) is 20.9. The summed E-state index contributed by atoms with van der Waals surface area (Å²) in [6.45, 7) is 3.77. The number of rotatable bonds is 3. The van der Waals surface area contributed by atoms with E-state index in [1.807, 2.05) is 33.3 Å². The maximum atomic E-state index is 12.2. The number of morpholine rings is 1. The number of carbonyl (C=O) groups excluding carboxylic acids is 1. The minimum absolute atomic E-state index is 0.0687. The third kappa shape index (κ3) is 3.19. The molecule has 1 amide bonds. The van der Waals surface area contributed by atoms with Crippen molar-refractivity contribution >= 4 is 34.3 Å². The van der Waals surface area contributed by atoms with Crippen LogP contribution in [0, 0.1) is 0 Å². The second-order valence-electron chi connectivity index (χ2n) is 6.14. The molecule has 2 saturated heterocycles. The standard InChI is InChI=1S/C16H19N3O2S2/c20-15-10-21-16(12-19(15)13-1-7-22-11-13)2-5-18(6-3-16)9-14-17-4-8-23-14/h1,4,7-8,11H,2-3,5-6,9-10,12H2. The average molecular weight is 349 g/mol. The minimum atomic E-state index is -0.185. The van der Waals surface area contributed by atoms with Crippen LogP contribution in [0.25, 0.3) is 0 Å². The Morgan fingerprint density at radius 3 is 2.87 bits per heavy atom. The Bertz CT molecular complexity index is 649. The van der Waals surface area contributed by atoms with Crippen LogP contribution in [-0.4, -0.2) is 47.6 Å². The number of thiophene rings is 1. The lowest BCUT2D eigenvalue weighted by molar-refractivity contribution is -0.144. The van der Waals surface area contributed by atoms with Crippen LogP contribution in [0.3, 0.4) is 0 Å². The topological polar surface area (TPSA) is 45.7 Å². The summed E-state index contributed by atoms with van der Waals surface area (Å²) in [5, 5.41) is 7.24. The number of likely N-dealkylation sites (tertiary alicyclic amines) is 1. The van der Waals surface area contributed by atoms with Gasteiger partial charge in [0.1, 0.15) is 11.6 Å². The Morgan fingerprint density at radius 1 is 1.30 bits per heavy atom. The van der Waals surface area contributed by atoms with E-state index in [4.69, 9.17) is 4.74 Å². The molecule has 0 radical (unpaired) electrons. The number of piperidine rings is 1. The van der Waals surface area contributed by atoms with E-state index in [0.29, 0.717) is 6.54 Å². The third-order valence-electron chi connectivity index (χ3n) is 4.68. The van der Waals surface area contributed by atoms with E-state index in [-0.39, 0.29) is 18.1 Å². The fourth-order valence-corrected chi connectivity index (χ4v) is 4.60. The molecule has 0 aromatic carbocycles. The predicted octanol–water partition coefficient (Wildman–Crippen LogP) is 2.60. The molecule has 7 heteroatoms. The number of thiazole rings is 1. The van der Waals surface area contributed by atoms with E-state index < -0.39 is 0 Å². The Hall–Kier alpha value is -1.28. The van der Waals surface area contributed by atoms with Crippen molar-refractivity contribution in [1.82, 2.24) is 9.88 Å². The first-order chi connectivity index (χ1) is 11.2. The predicted molar refractivity (Wildman–Crippen MR) is 92.0 cm³/mol. The van der Waals surface area contributed by atoms with Crippen molar-refractivity contribution in [3.63, 3.8) is 0 Å². The molecule has 2 aromatic heterocycles. The number of aromatic nitrogens is 1. The van der Waals surface area contributed by atoms with Crippen LogP contribution < -0.4 is 4.90 Å². The van der Waals surface area contributed by atoms with Gasteiger partial charge in [-0.05, 0) is 24.3 Å². The van der Waals surface area contributed by atoms with Crippen LogP contribution in [0.4, 0.5) is 5.69 Å². The van der Waals surface area contributed by atoms with Gasteiger partial charge in [-0.2, -0.15) is 11.3 Å². The molecule has 23 heavy (non-hydrogen) atoms. The first-order valence-electron chi connectivity index (χ1n) is 7.81. The van der Waals surface area contributed by atoms with E-state index in [1.165, 1.54) is 5.01 Å². The number of hydrogen-bond donors (Lipinski definition) is 0. The lowest BCUT2D eigenvalue weighted by atomic mass is 9.89. The van der Waals surface area contributed by atoms with Gasteiger partial charge in [0, 0.05) is 30.0 Å². The maximum Gasteiger partial charge on any atom is 0.253 e.